The van der Waals surface area contributed by atoms with Crippen LogP contribution in [0.15, 0.2) is 42.5 Å². The summed E-state index contributed by atoms with van der Waals surface area (Å²) in [6, 6.07) is 16.0. The first-order chi connectivity index (χ1) is 20.1. The maximum Gasteiger partial charge on any atom is 0.140 e. The van der Waals surface area contributed by atoms with E-state index in [4.69, 9.17) is 9.97 Å². The zero-order valence-corrected chi connectivity index (χ0v) is 25.9. The van der Waals surface area contributed by atoms with Crippen LogP contribution in [0.1, 0.15) is 83.0 Å². The van der Waals surface area contributed by atoms with E-state index >= 15 is 0 Å². The van der Waals surface area contributed by atoms with Crippen LogP contribution in [-0.2, 0) is 5.41 Å². The van der Waals surface area contributed by atoms with Gasteiger partial charge < -0.3 is 19.6 Å². The molecular formula is C35H50N6. The molecule has 0 N–H and O–H groups in total. The Bertz CT molecular complexity index is 1320. The lowest BCUT2D eigenvalue weighted by Gasteiger charge is -2.39. The molecule has 0 atom stereocenters. The van der Waals surface area contributed by atoms with Gasteiger partial charge in [0.05, 0.1) is 5.52 Å². The van der Waals surface area contributed by atoms with Gasteiger partial charge in [0, 0.05) is 68.5 Å². The lowest BCUT2D eigenvalue weighted by atomic mass is 9.87. The standard InChI is InChI=1S/C33H44N6.C2H6/c1-33(14-15-33)32-34-29-11-10-26(36(2)22-23-37-16-5-6-17-37)24-28(29)31(35-32)39-20-12-25(13-21-39)27-8-3-4-9-30(27)38-18-7-19-38;1-2/h3-4,8-11,24-25H,5-7,12-23H2,1-2H3;1-2H3. The topological polar surface area (TPSA) is 38.7 Å². The smallest absolute Gasteiger partial charge is 0.140 e. The Morgan fingerprint density at radius 3 is 2.27 bits per heavy atom. The molecule has 6 nitrogen and oxygen atoms in total. The van der Waals surface area contributed by atoms with Gasteiger partial charge in [0.1, 0.15) is 11.6 Å². The van der Waals surface area contributed by atoms with Crippen molar-refractivity contribution in [3.05, 3.63) is 53.9 Å². The number of likely N-dealkylation sites (N-methyl/N-ethyl adjacent to an activating group) is 1. The lowest BCUT2D eigenvalue weighted by molar-refractivity contribution is 0.346. The zero-order valence-electron chi connectivity index (χ0n) is 25.9. The molecule has 4 heterocycles. The first kappa shape index (κ1) is 28.3. The van der Waals surface area contributed by atoms with Crippen LogP contribution >= 0.6 is 0 Å². The Morgan fingerprint density at radius 1 is 0.854 bits per heavy atom. The molecular weight excluding hydrogens is 504 g/mol. The third-order valence-corrected chi connectivity index (χ3v) is 9.96. The van der Waals surface area contributed by atoms with Crippen molar-refractivity contribution in [2.24, 2.45) is 0 Å². The van der Waals surface area contributed by atoms with Crippen LogP contribution in [0, 0.1) is 0 Å². The zero-order chi connectivity index (χ0) is 28.4. The first-order valence-corrected chi connectivity index (χ1v) is 16.4. The minimum atomic E-state index is 0.155. The second kappa shape index (κ2) is 12.2. The van der Waals surface area contributed by atoms with Crippen LogP contribution in [0.25, 0.3) is 10.9 Å². The number of hydrogen-bond acceptors (Lipinski definition) is 6. The van der Waals surface area contributed by atoms with E-state index in [2.05, 4.69) is 76.0 Å². The molecule has 41 heavy (non-hydrogen) atoms. The highest BCUT2D eigenvalue weighted by atomic mass is 15.2. The third kappa shape index (κ3) is 5.90. The fraction of sp³-hybridized carbons (Fsp3) is 0.600. The van der Waals surface area contributed by atoms with Crippen molar-refractivity contribution in [2.75, 3.05) is 74.1 Å². The van der Waals surface area contributed by atoms with E-state index in [0.717, 1.165) is 43.3 Å². The molecule has 6 heteroatoms. The van der Waals surface area contributed by atoms with Crippen molar-refractivity contribution in [3.8, 4) is 0 Å². The summed E-state index contributed by atoms with van der Waals surface area (Å²) in [5, 5.41) is 1.22. The molecule has 0 radical (unpaired) electrons. The number of nitrogens with zero attached hydrogens (tertiary/aromatic N) is 6. The number of likely N-dealkylation sites (tertiary alicyclic amines) is 1. The molecule has 3 saturated heterocycles. The molecule has 0 spiro atoms. The van der Waals surface area contributed by atoms with Crippen LogP contribution in [0.2, 0.25) is 0 Å². The molecule has 2 aromatic carbocycles. The molecule has 4 fully saturated rings. The number of fused-ring (bicyclic) bond motifs is 1. The number of hydrogen-bond donors (Lipinski definition) is 0. The van der Waals surface area contributed by atoms with Crippen LogP contribution in [-0.4, -0.2) is 74.3 Å². The predicted molar refractivity (Wildman–Crippen MR) is 174 cm³/mol. The van der Waals surface area contributed by atoms with E-state index in [1.165, 1.54) is 87.9 Å². The van der Waals surface area contributed by atoms with Crippen molar-refractivity contribution in [1.82, 2.24) is 14.9 Å². The molecule has 1 aromatic heterocycles. The molecule has 3 aliphatic heterocycles. The van der Waals surface area contributed by atoms with Gasteiger partial charge >= 0.3 is 0 Å². The molecule has 0 bridgehead atoms. The monoisotopic (exact) mass is 554 g/mol. The van der Waals surface area contributed by atoms with Crippen LogP contribution < -0.4 is 14.7 Å². The number of aromatic nitrogens is 2. The maximum absolute atomic E-state index is 5.31. The van der Waals surface area contributed by atoms with E-state index in [1.807, 2.05) is 13.8 Å². The van der Waals surface area contributed by atoms with Crippen LogP contribution in [0.5, 0.6) is 0 Å². The number of benzene rings is 2. The Balaban J connectivity index is 0.00000148. The van der Waals surface area contributed by atoms with Gasteiger partial charge in [0.2, 0.25) is 0 Å². The van der Waals surface area contributed by atoms with Gasteiger partial charge in [0.25, 0.3) is 0 Å². The average Bonchev–Trinajstić information content (AvgIpc) is 3.53. The van der Waals surface area contributed by atoms with Crippen molar-refractivity contribution in [3.63, 3.8) is 0 Å². The van der Waals surface area contributed by atoms with Gasteiger partial charge in [-0.25, -0.2) is 9.97 Å². The SMILES string of the molecule is CC.CN(CCN1CCCC1)c1ccc2nc(C3(C)CC3)nc(N3CCC(c4ccccc4N4CCC4)CC3)c2c1. The maximum atomic E-state index is 5.31. The minimum absolute atomic E-state index is 0.155. The van der Waals surface area contributed by atoms with E-state index in [9.17, 15) is 0 Å². The predicted octanol–water partition coefficient (Wildman–Crippen LogP) is 6.83. The van der Waals surface area contributed by atoms with Gasteiger partial charge in [-0.15, -0.1) is 0 Å². The van der Waals surface area contributed by atoms with Crippen molar-refractivity contribution in [1.29, 1.82) is 0 Å². The summed E-state index contributed by atoms with van der Waals surface area (Å²) in [7, 11) is 2.23. The van der Waals surface area contributed by atoms with E-state index in [-0.39, 0.29) is 5.41 Å². The van der Waals surface area contributed by atoms with Crippen molar-refractivity contribution < 1.29 is 0 Å². The largest absolute Gasteiger partial charge is 0.373 e. The van der Waals surface area contributed by atoms with Crippen LogP contribution in [0.3, 0.4) is 0 Å². The van der Waals surface area contributed by atoms with Gasteiger partial charge in [0.15, 0.2) is 0 Å². The second-order valence-corrected chi connectivity index (χ2v) is 12.8. The summed E-state index contributed by atoms with van der Waals surface area (Å²) in [5.74, 6) is 2.83. The summed E-state index contributed by atoms with van der Waals surface area (Å²) in [6.07, 6.45) is 8.78. The number of anilines is 3. The normalized spacial score (nSPS) is 20.5. The Labute approximate surface area is 247 Å². The summed E-state index contributed by atoms with van der Waals surface area (Å²) < 4.78 is 0. The molecule has 0 amide bonds. The minimum Gasteiger partial charge on any atom is -0.373 e. The highest BCUT2D eigenvalue weighted by molar-refractivity contribution is 5.92. The molecule has 0 unspecified atom stereocenters. The molecule has 220 valence electrons. The average molecular weight is 555 g/mol. The Morgan fingerprint density at radius 2 is 1.59 bits per heavy atom. The van der Waals surface area contributed by atoms with E-state index in [1.54, 1.807) is 5.56 Å². The molecule has 4 aliphatic rings. The number of para-hydroxylation sites is 1. The fourth-order valence-electron chi connectivity index (χ4n) is 6.77. The van der Waals surface area contributed by atoms with Gasteiger partial charge in [-0.3, -0.25) is 0 Å². The third-order valence-electron chi connectivity index (χ3n) is 9.96. The summed E-state index contributed by atoms with van der Waals surface area (Å²) >= 11 is 0. The summed E-state index contributed by atoms with van der Waals surface area (Å²) in [5.41, 5.74) is 5.56. The quantitative estimate of drug-likeness (QED) is 0.304. The highest BCUT2D eigenvalue weighted by Crippen LogP contribution is 2.47. The Hall–Kier alpha value is -2.86. The highest BCUT2D eigenvalue weighted by Gasteiger charge is 2.43. The van der Waals surface area contributed by atoms with Crippen molar-refractivity contribution >= 4 is 28.1 Å². The summed E-state index contributed by atoms with van der Waals surface area (Å²) in [6.45, 7) is 15.6. The van der Waals surface area contributed by atoms with Crippen LogP contribution in [0.4, 0.5) is 17.2 Å². The Kier molecular flexibility index (Phi) is 8.39. The lowest BCUT2D eigenvalue weighted by Crippen LogP contribution is -2.39. The molecule has 1 saturated carbocycles. The molecule has 3 aromatic rings. The van der Waals surface area contributed by atoms with Crippen molar-refractivity contribution in [2.45, 2.75) is 77.0 Å². The van der Waals surface area contributed by atoms with Gasteiger partial charge in [-0.2, -0.15) is 0 Å². The molecule has 7 rings (SSSR count). The number of rotatable bonds is 8. The first-order valence-electron chi connectivity index (χ1n) is 16.4. The fourth-order valence-corrected chi connectivity index (χ4v) is 6.77. The van der Waals surface area contributed by atoms with Gasteiger partial charge in [-0.05, 0) is 93.8 Å². The van der Waals surface area contributed by atoms with E-state index in [0.29, 0.717) is 5.92 Å². The van der Waals surface area contributed by atoms with E-state index < -0.39 is 0 Å². The number of piperidine rings is 1. The van der Waals surface area contributed by atoms with Gasteiger partial charge in [-0.1, -0.05) is 39.0 Å². The summed E-state index contributed by atoms with van der Waals surface area (Å²) in [4.78, 5) is 20.6. The second-order valence-electron chi connectivity index (χ2n) is 12.8. The molecule has 1 aliphatic carbocycles.